The number of hydrogen-bond donors (Lipinski definition) is 1. The molecule has 114 valence electrons. The Morgan fingerprint density at radius 1 is 1.04 bits per heavy atom. The summed E-state index contributed by atoms with van der Waals surface area (Å²) < 4.78 is 0. The fourth-order valence-corrected chi connectivity index (χ4v) is 4.44. The average Bonchev–Trinajstić information content (AvgIpc) is 2.99. The first kappa shape index (κ1) is 14.2. The first-order valence-corrected chi connectivity index (χ1v) is 8.64. The van der Waals surface area contributed by atoms with Gasteiger partial charge in [0.2, 0.25) is 5.91 Å². The standard InChI is InChI=1S/C20H17NOS/c1-13-7-5-6-10-15(13)16-11-18(22)21-19-17(12-23-20(16)19)14-8-3-2-4-9-14/h2-10,12,16H,11H2,1H3,(H,21,22). The van der Waals surface area contributed by atoms with Crippen LogP contribution in [0, 0.1) is 6.92 Å². The molecule has 4 rings (SSSR count). The lowest BCUT2D eigenvalue weighted by Gasteiger charge is -2.25. The van der Waals surface area contributed by atoms with Crippen LogP contribution in [0.25, 0.3) is 11.1 Å². The quantitative estimate of drug-likeness (QED) is 0.691. The van der Waals surface area contributed by atoms with E-state index in [0.29, 0.717) is 6.42 Å². The zero-order chi connectivity index (χ0) is 15.8. The number of nitrogens with one attached hydrogen (secondary N) is 1. The molecule has 1 amide bonds. The molecule has 0 spiro atoms. The van der Waals surface area contributed by atoms with Crippen molar-refractivity contribution in [3.05, 3.63) is 76.0 Å². The van der Waals surface area contributed by atoms with Crippen molar-refractivity contribution in [1.82, 2.24) is 0 Å². The maximum absolute atomic E-state index is 12.3. The van der Waals surface area contributed by atoms with E-state index in [0.717, 1.165) is 16.8 Å². The Labute approximate surface area is 139 Å². The highest BCUT2D eigenvalue weighted by Crippen LogP contribution is 2.46. The highest BCUT2D eigenvalue weighted by Gasteiger charge is 2.30. The number of benzene rings is 2. The number of thiophene rings is 1. The molecule has 1 aliphatic rings. The molecule has 2 aromatic carbocycles. The smallest absolute Gasteiger partial charge is 0.225 e. The van der Waals surface area contributed by atoms with Crippen molar-refractivity contribution in [3.8, 4) is 11.1 Å². The lowest BCUT2D eigenvalue weighted by atomic mass is 9.87. The summed E-state index contributed by atoms with van der Waals surface area (Å²) in [6.07, 6.45) is 0.520. The van der Waals surface area contributed by atoms with E-state index in [4.69, 9.17) is 0 Å². The summed E-state index contributed by atoms with van der Waals surface area (Å²) in [5, 5.41) is 5.26. The fraction of sp³-hybridized carbons (Fsp3) is 0.150. The summed E-state index contributed by atoms with van der Waals surface area (Å²) in [4.78, 5) is 13.6. The van der Waals surface area contributed by atoms with Crippen molar-refractivity contribution in [2.24, 2.45) is 0 Å². The predicted octanol–water partition coefficient (Wildman–Crippen LogP) is 5.20. The van der Waals surface area contributed by atoms with Gasteiger partial charge in [0.1, 0.15) is 0 Å². The maximum Gasteiger partial charge on any atom is 0.225 e. The minimum absolute atomic E-state index is 0.0985. The molecule has 3 heteroatoms. The Balaban J connectivity index is 1.85. The first-order chi connectivity index (χ1) is 11.2. The predicted molar refractivity (Wildman–Crippen MR) is 96.0 cm³/mol. The highest BCUT2D eigenvalue weighted by atomic mass is 32.1. The Hall–Kier alpha value is -2.39. The number of hydrogen-bond acceptors (Lipinski definition) is 2. The highest BCUT2D eigenvalue weighted by molar-refractivity contribution is 7.11. The van der Waals surface area contributed by atoms with Crippen molar-refractivity contribution in [2.75, 3.05) is 5.32 Å². The van der Waals surface area contributed by atoms with Crippen LogP contribution in [0.2, 0.25) is 0 Å². The van der Waals surface area contributed by atoms with Crippen LogP contribution in [0.3, 0.4) is 0 Å². The van der Waals surface area contributed by atoms with E-state index >= 15 is 0 Å². The lowest BCUT2D eigenvalue weighted by Crippen LogP contribution is -2.22. The van der Waals surface area contributed by atoms with Gasteiger partial charge in [0.25, 0.3) is 0 Å². The molecular formula is C20H17NOS. The van der Waals surface area contributed by atoms with Gasteiger partial charge in [0.15, 0.2) is 0 Å². The molecule has 1 N–H and O–H groups in total. The largest absolute Gasteiger partial charge is 0.325 e. The molecule has 0 saturated carbocycles. The number of anilines is 1. The number of carbonyl (C=O) groups is 1. The maximum atomic E-state index is 12.3. The summed E-state index contributed by atoms with van der Waals surface area (Å²) in [7, 11) is 0. The van der Waals surface area contributed by atoms with Crippen molar-refractivity contribution >= 4 is 22.9 Å². The lowest BCUT2D eigenvalue weighted by molar-refractivity contribution is -0.116. The van der Waals surface area contributed by atoms with Crippen LogP contribution in [0.1, 0.15) is 28.3 Å². The van der Waals surface area contributed by atoms with Gasteiger partial charge >= 0.3 is 0 Å². The van der Waals surface area contributed by atoms with Gasteiger partial charge in [-0.2, -0.15) is 0 Å². The third-order valence-corrected chi connectivity index (χ3v) is 5.53. The molecule has 0 saturated heterocycles. The molecule has 0 bridgehead atoms. The van der Waals surface area contributed by atoms with E-state index in [-0.39, 0.29) is 11.8 Å². The third-order valence-electron chi connectivity index (χ3n) is 4.44. The van der Waals surface area contributed by atoms with Gasteiger partial charge in [-0.05, 0) is 23.6 Å². The van der Waals surface area contributed by atoms with Gasteiger partial charge in [-0.15, -0.1) is 11.3 Å². The number of carbonyl (C=O) groups excluding carboxylic acids is 1. The molecule has 1 aliphatic heterocycles. The van der Waals surface area contributed by atoms with Crippen molar-refractivity contribution in [1.29, 1.82) is 0 Å². The van der Waals surface area contributed by atoms with E-state index < -0.39 is 0 Å². The van der Waals surface area contributed by atoms with Gasteiger partial charge in [0.05, 0.1) is 5.69 Å². The van der Waals surface area contributed by atoms with Gasteiger partial charge in [-0.25, -0.2) is 0 Å². The van der Waals surface area contributed by atoms with Gasteiger partial charge in [0, 0.05) is 28.2 Å². The molecule has 2 heterocycles. The second-order valence-electron chi connectivity index (χ2n) is 5.92. The van der Waals surface area contributed by atoms with Crippen LogP contribution in [0.4, 0.5) is 5.69 Å². The van der Waals surface area contributed by atoms with E-state index in [2.05, 4.69) is 48.0 Å². The summed E-state index contributed by atoms with van der Waals surface area (Å²) in [6, 6.07) is 18.6. The van der Waals surface area contributed by atoms with Crippen LogP contribution in [0.15, 0.2) is 60.0 Å². The molecule has 1 atom stereocenters. The minimum Gasteiger partial charge on any atom is -0.325 e. The second kappa shape index (κ2) is 5.67. The number of aryl methyl sites for hydroxylation is 1. The van der Waals surface area contributed by atoms with Crippen LogP contribution in [0.5, 0.6) is 0 Å². The third kappa shape index (κ3) is 2.47. The molecule has 0 radical (unpaired) electrons. The minimum atomic E-state index is 0.0985. The van der Waals surface area contributed by atoms with Crippen molar-refractivity contribution in [2.45, 2.75) is 19.3 Å². The number of rotatable bonds is 2. The summed E-state index contributed by atoms with van der Waals surface area (Å²) in [5.41, 5.74) is 5.76. The molecule has 0 aliphatic carbocycles. The van der Waals surface area contributed by atoms with E-state index in [9.17, 15) is 4.79 Å². The average molecular weight is 319 g/mol. The molecule has 1 unspecified atom stereocenters. The molecular weight excluding hydrogens is 302 g/mol. The second-order valence-corrected chi connectivity index (χ2v) is 6.83. The van der Waals surface area contributed by atoms with E-state index in [1.54, 1.807) is 11.3 Å². The topological polar surface area (TPSA) is 29.1 Å². The molecule has 23 heavy (non-hydrogen) atoms. The van der Waals surface area contributed by atoms with Crippen LogP contribution < -0.4 is 5.32 Å². The normalized spacial score (nSPS) is 16.7. The van der Waals surface area contributed by atoms with Gasteiger partial charge in [-0.3, -0.25) is 4.79 Å². The molecule has 2 nitrogen and oxygen atoms in total. The monoisotopic (exact) mass is 319 g/mol. The summed E-state index contributed by atoms with van der Waals surface area (Å²) in [6.45, 7) is 2.12. The van der Waals surface area contributed by atoms with Crippen molar-refractivity contribution in [3.63, 3.8) is 0 Å². The van der Waals surface area contributed by atoms with Crippen molar-refractivity contribution < 1.29 is 4.79 Å². The van der Waals surface area contributed by atoms with Crippen LogP contribution in [-0.2, 0) is 4.79 Å². The SMILES string of the molecule is Cc1ccccc1C1CC(=O)Nc2c(-c3ccccc3)csc21. The molecule has 3 aromatic rings. The number of amides is 1. The number of fused-ring (bicyclic) bond motifs is 1. The van der Waals surface area contributed by atoms with Gasteiger partial charge < -0.3 is 5.32 Å². The Bertz CT molecular complexity index is 866. The van der Waals surface area contributed by atoms with E-state index in [1.807, 2.05) is 24.3 Å². The molecule has 0 fully saturated rings. The zero-order valence-corrected chi connectivity index (χ0v) is 13.7. The fourth-order valence-electron chi connectivity index (χ4n) is 3.29. The van der Waals surface area contributed by atoms with Gasteiger partial charge in [-0.1, -0.05) is 54.6 Å². The summed E-state index contributed by atoms with van der Waals surface area (Å²) >= 11 is 1.75. The van der Waals surface area contributed by atoms with Crippen LogP contribution >= 0.6 is 11.3 Å². The Morgan fingerprint density at radius 3 is 2.57 bits per heavy atom. The summed E-state index contributed by atoms with van der Waals surface area (Å²) in [5.74, 6) is 0.253. The first-order valence-electron chi connectivity index (χ1n) is 7.76. The zero-order valence-electron chi connectivity index (χ0n) is 12.9. The Morgan fingerprint density at radius 2 is 1.78 bits per heavy atom. The van der Waals surface area contributed by atoms with E-state index in [1.165, 1.54) is 16.0 Å². The molecule has 1 aromatic heterocycles. The Kier molecular flexibility index (Phi) is 3.50. The van der Waals surface area contributed by atoms with Crippen LogP contribution in [-0.4, -0.2) is 5.91 Å².